The standard InChI is InChI=1S/C16H12ClN3O3/c17-12-5-10(15-11(6-12)8-22-9-23-15)7-20-16(21)13-3-1-2-4-14(13)18-19-20/h1-6H,7-9H2. The normalized spacial score (nSPS) is 13.6. The SMILES string of the molecule is O=c1c2ccccc2nnn1Cc1cc(Cl)cc2c1OCOC2. The minimum absolute atomic E-state index is 0.180. The minimum Gasteiger partial charge on any atom is -0.467 e. The van der Waals surface area contributed by atoms with Gasteiger partial charge in [0, 0.05) is 16.1 Å². The summed E-state index contributed by atoms with van der Waals surface area (Å²) in [5, 5.41) is 9.19. The number of hydrogen-bond donors (Lipinski definition) is 0. The zero-order valence-corrected chi connectivity index (χ0v) is 12.8. The maximum Gasteiger partial charge on any atom is 0.277 e. The summed E-state index contributed by atoms with van der Waals surface area (Å²) < 4.78 is 12.1. The van der Waals surface area contributed by atoms with Crippen LogP contribution in [0, 0.1) is 0 Å². The first-order chi connectivity index (χ1) is 11.2. The predicted molar refractivity (Wildman–Crippen MR) is 84.6 cm³/mol. The minimum atomic E-state index is -0.198. The van der Waals surface area contributed by atoms with E-state index in [1.165, 1.54) is 4.68 Å². The van der Waals surface area contributed by atoms with E-state index in [1.807, 2.05) is 6.07 Å². The van der Waals surface area contributed by atoms with Crippen molar-refractivity contribution in [3.63, 3.8) is 0 Å². The van der Waals surface area contributed by atoms with E-state index in [4.69, 9.17) is 21.1 Å². The zero-order valence-electron chi connectivity index (χ0n) is 12.0. The molecule has 0 unspecified atom stereocenters. The predicted octanol–water partition coefficient (Wildman–Crippen LogP) is 2.36. The van der Waals surface area contributed by atoms with Gasteiger partial charge in [0.1, 0.15) is 11.3 Å². The van der Waals surface area contributed by atoms with E-state index < -0.39 is 0 Å². The smallest absolute Gasteiger partial charge is 0.277 e. The van der Waals surface area contributed by atoms with Crippen molar-refractivity contribution >= 4 is 22.5 Å². The molecule has 2 heterocycles. The van der Waals surface area contributed by atoms with Crippen molar-refractivity contribution in [3.05, 3.63) is 62.9 Å². The Hall–Kier alpha value is -2.44. The second kappa shape index (κ2) is 5.64. The van der Waals surface area contributed by atoms with Gasteiger partial charge in [-0.3, -0.25) is 4.79 Å². The third kappa shape index (κ3) is 2.56. The van der Waals surface area contributed by atoms with E-state index in [1.54, 1.807) is 30.3 Å². The molecule has 0 saturated heterocycles. The van der Waals surface area contributed by atoms with Gasteiger partial charge in [-0.2, -0.15) is 0 Å². The lowest BCUT2D eigenvalue weighted by Crippen LogP contribution is -2.25. The number of fused-ring (bicyclic) bond motifs is 2. The molecule has 1 aromatic heterocycles. The van der Waals surface area contributed by atoms with E-state index in [2.05, 4.69) is 10.3 Å². The van der Waals surface area contributed by atoms with Gasteiger partial charge in [0.2, 0.25) is 0 Å². The number of rotatable bonds is 2. The fraction of sp³-hybridized carbons (Fsp3) is 0.188. The van der Waals surface area contributed by atoms with Gasteiger partial charge in [-0.25, -0.2) is 4.68 Å². The molecular formula is C16H12ClN3O3. The average molecular weight is 330 g/mol. The Balaban J connectivity index is 1.81. The molecule has 23 heavy (non-hydrogen) atoms. The first kappa shape index (κ1) is 14.2. The molecule has 2 aromatic carbocycles. The molecule has 3 aromatic rings. The Labute approximate surface area is 136 Å². The molecule has 7 heteroatoms. The van der Waals surface area contributed by atoms with Crippen LogP contribution >= 0.6 is 11.6 Å². The first-order valence-corrected chi connectivity index (χ1v) is 7.44. The van der Waals surface area contributed by atoms with E-state index in [0.29, 0.717) is 28.3 Å². The highest BCUT2D eigenvalue weighted by atomic mass is 35.5. The number of nitrogens with zero attached hydrogens (tertiary/aromatic N) is 3. The van der Waals surface area contributed by atoms with Crippen LogP contribution in [-0.2, 0) is 17.9 Å². The fourth-order valence-corrected chi connectivity index (χ4v) is 2.93. The Morgan fingerprint density at radius 1 is 1.26 bits per heavy atom. The third-order valence-corrected chi connectivity index (χ3v) is 3.92. The van der Waals surface area contributed by atoms with Crippen LogP contribution in [0.2, 0.25) is 5.02 Å². The van der Waals surface area contributed by atoms with Crippen LogP contribution in [-0.4, -0.2) is 21.8 Å². The van der Waals surface area contributed by atoms with E-state index in [0.717, 1.165) is 11.1 Å². The van der Waals surface area contributed by atoms with Gasteiger partial charge in [0.15, 0.2) is 6.79 Å². The lowest BCUT2D eigenvalue weighted by atomic mass is 10.1. The maximum atomic E-state index is 12.5. The summed E-state index contributed by atoms with van der Waals surface area (Å²) >= 11 is 6.15. The van der Waals surface area contributed by atoms with Crippen molar-refractivity contribution in [1.29, 1.82) is 0 Å². The van der Waals surface area contributed by atoms with Crippen LogP contribution in [0.15, 0.2) is 41.2 Å². The van der Waals surface area contributed by atoms with Crippen molar-refractivity contribution in [2.75, 3.05) is 6.79 Å². The Morgan fingerprint density at radius 3 is 3.04 bits per heavy atom. The van der Waals surface area contributed by atoms with Crippen molar-refractivity contribution < 1.29 is 9.47 Å². The molecule has 0 fully saturated rings. The summed E-state index contributed by atoms with van der Waals surface area (Å²) in [5.74, 6) is 0.697. The van der Waals surface area contributed by atoms with Crippen LogP contribution in [0.4, 0.5) is 0 Å². The summed E-state index contributed by atoms with van der Waals surface area (Å²) in [6.07, 6.45) is 0. The zero-order chi connectivity index (χ0) is 15.8. The van der Waals surface area contributed by atoms with Gasteiger partial charge < -0.3 is 9.47 Å². The molecule has 6 nitrogen and oxygen atoms in total. The second-order valence-electron chi connectivity index (χ2n) is 5.23. The van der Waals surface area contributed by atoms with Gasteiger partial charge in [0.25, 0.3) is 5.56 Å². The number of aromatic nitrogens is 3. The molecule has 0 aliphatic carbocycles. The Bertz CT molecular complexity index is 955. The molecule has 116 valence electrons. The summed E-state index contributed by atoms with van der Waals surface area (Å²) in [4.78, 5) is 12.5. The maximum absolute atomic E-state index is 12.5. The summed E-state index contributed by atoms with van der Waals surface area (Å²) in [6, 6.07) is 10.7. The monoisotopic (exact) mass is 329 g/mol. The van der Waals surface area contributed by atoms with Gasteiger partial charge in [-0.15, -0.1) is 5.10 Å². The molecule has 1 aliphatic heterocycles. The number of hydrogen-bond acceptors (Lipinski definition) is 5. The van der Waals surface area contributed by atoms with Gasteiger partial charge in [-0.05, 0) is 24.3 Å². The van der Waals surface area contributed by atoms with Gasteiger partial charge in [0.05, 0.1) is 18.5 Å². The lowest BCUT2D eigenvalue weighted by Gasteiger charge is -2.21. The first-order valence-electron chi connectivity index (χ1n) is 7.07. The van der Waals surface area contributed by atoms with Crippen molar-refractivity contribution in [2.45, 2.75) is 13.2 Å². The highest BCUT2D eigenvalue weighted by molar-refractivity contribution is 6.30. The number of ether oxygens (including phenoxy) is 2. The molecule has 0 spiro atoms. The van der Waals surface area contributed by atoms with E-state index >= 15 is 0 Å². The van der Waals surface area contributed by atoms with Gasteiger partial charge in [-0.1, -0.05) is 28.9 Å². The van der Waals surface area contributed by atoms with Gasteiger partial charge >= 0.3 is 0 Å². The molecular weight excluding hydrogens is 318 g/mol. The summed E-state index contributed by atoms with van der Waals surface area (Å²) in [7, 11) is 0. The molecule has 1 aliphatic rings. The van der Waals surface area contributed by atoms with Crippen molar-refractivity contribution in [1.82, 2.24) is 15.0 Å². The molecule has 0 saturated carbocycles. The number of halogens is 1. The highest BCUT2D eigenvalue weighted by Gasteiger charge is 2.17. The molecule has 0 N–H and O–H groups in total. The van der Waals surface area contributed by atoms with Crippen LogP contribution in [0.5, 0.6) is 5.75 Å². The topological polar surface area (TPSA) is 66.2 Å². The molecule has 4 rings (SSSR count). The second-order valence-corrected chi connectivity index (χ2v) is 5.67. The van der Waals surface area contributed by atoms with E-state index in [-0.39, 0.29) is 18.9 Å². The molecule has 0 atom stereocenters. The highest BCUT2D eigenvalue weighted by Crippen LogP contribution is 2.31. The quantitative estimate of drug-likeness (QED) is 0.722. The fourth-order valence-electron chi connectivity index (χ4n) is 2.66. The van der Waals surface area contributed by atoms with Crippen LogP contribution in [0.25, 0.3) is 10.9 Å². The number of benzene rings is 2. The average Bonchev–Trinajstić information content (AvgIpc) is 2.57. The third-order valence-electron chi connectivity index (χ3n) is 3.70. The Morgan fingerprint density at radius 2 is 2.13 bits per heavy atom. The van der Waals surface area contributed by atoms with Crippen LogP contribution in [0.1, 0.15) is 11.1 Å². The van der Waals surface area contributed by atoms with Crippen LogP contribution in [0.3, 0.4) is 0 Å². The Kier molecular flexibility index (Phi) is 3.48. The molecule has 0 bridgehead atoms. The van der Waals surface area contributed by atoms with Crippen molar-refractivity contribution in [3.8, 4) is 5.75 Å². The molecule has 0 amide bonds. The summed E-state index contributed by atoms with van der Waals surface area (Å²) in [6.45, 7) is 0.848. The summed E-state index contributed by atoms with van der Waals surface area (Å²) in [5.41, 5.74) is 2.02. The molecule has 0 radical (unpaired) electrons. The largest absolute Gasteiger partial charge is 0.467 e. The lowest BCUT2D eigenvalue weighted by molar-refractivity contribution is -0.0171. The van der Waals surface area contributed by atoms with E-state index in [9.17, 15) is 4.79 Å². The van der Waals surface area contributed by atoms with Crippen molar-refractivity contribution in [2.24, 2.45) is 0 Å². The van der Waals surface area contributed by atoms with Crippen LogP contribution < -0.4 is 10.3 Å².